The Bertz CT molecular complexity index is 458. The molecule has 2 rings (SSSR count). The quantitative estimate of drug-likeness (QED) is 0.881. The van der Waals surface area contributed by atoms with Gasteiger partial charge in [0.2, 0.25) is 0 Å². The number of nitrogens with one attached hydrogen (secondary N) is 1. The van der Waals surface area contributed by atoms with Gasteiger partial charge in [0.1, 0.15) is 11.9 Å². The summed E-state index contributed by atoms with van der Waals surface area (Å²) in [5.41, 5.74) is 1.56. The fourth-order valence-electron chi connectivity index (χ4n) is 2.52. The van der Waals surface area contributed by atoms with E-state index in [0.29, 0.717) is 11.5 Å². The molecule has 0 saturated carbocycles. The average Bonchev–Trinajstić information content (AvgIpc) is 2.89. The summed E-state index contributed by atoms with van der Waals surface area (Å²) < 4.78 is 0. The summed E-state index contributed by atoms with van der Waals surface area (Å²) in [4.78, 5) is 6.92. The largest absolute Gasteiger partial charge is 0.369 e. The maximum Gasteiger partial charge on any atom is 0.144 e. The van der Waals surface area contributed by atoms with Crippen LogP contribution in [0, 0.1) is 24.2 Å². The van der Waals surface area contributed by atoms with E-state index in [-0.39, 0.29) is 0 Å². The Balaban J connectivity index is 1.87. The summed E-state index contributed by atoms with van der Waals surface area (Å²) in [5, 5.41) is 12.4. The van der Waals surface area contributed by atoms with Crippen molar-refractivity contribution in [3.8, 4) is 6.07 Å². The summed E-state index contributed by atoms with van der Waals surface area (Å²) in [6.07, 6.45) is 2.66. The molecule has 1 atom stereocenters. The SMILES string of the molecule is Cc1ccc(C#N)c(NCC(C)CN2CCCC2)n1. The normalized spacial score (nSPS) is 17.1. The van der Waals surface area contributed by atoms with Crippen molar-refractivity contribution in [1.29, 1.82) is 5.26 Å². The first-order chi connectivity index (χ1) is 9.19. The molecule has 1 aromatic rings. The van der Waals surface area contributed by atoms with Gasteiger partial charge in [-0.05, 0) is 50.9 Å². The number of aryl methyl sites for hydroxylation is 1. The predicted molar refractivity (Wildman–Crippen MR) is 77.0 cm³/mol. The minimum absolute atomic E-state index is 0.562. The van der Waals surface area contributed by atoms with Gasteiger partial charge in [-0.1, -0.05) is 6.92 Å². The van der Waals surface area contributed by atoms with Crippen molar-refractivity contribution < 1.29 is 0 Å². The van der Waals surface area contributed by atoms with Crippen molar-refractivity contribution in [3.05, 3.63) is 23.4 Å². The highest BCUT2D eigenvalue weighted by atomic mass is 15.1. The lowest BCUT2D eigenvalue weighted by molar-refractivity contribution is 0.294. The van der Waals surface area contributed by atoms with Gasteiger partial charge in [-0.2, -0.15) is 5.26 Å². The molecule has 1 aliphatic rings. The molecule has 1 aromatic heterocycles. The number of pyridine rings is 1. The van der Waals surface area contributed by atoms with E-state index in [1.54, 1.807) is 0 Å². The highest BCUT2D eigenvalue weighted by Crippen LogP contribution is 2.14. The van der Waals surface area contributed by atoms with Gasteiger partial charge in [0.25, 0.3) is 0 Å². The van der Waals surface area contributed by atoms with E-state index < -0.39 is 0 Å². The topological polar surface area (TPSA) is 52.0 Å². The maximum atomic E-state index is 9.07. The molecule has 0 radical (unpaired) electrons. The summed E-state index contributed by atoms with van der Waals surface area (Å²) in [7, 11) is 0. The fourth-order valence-corrected chi connectivity index (χ4v) is 2.52. The summed E-state index contributed by atoms with van der Waals surface area (Å²) in [6, 6.07) is 5.89. The zero-order chi connectivity index (χ0) is 13.7. The summed E-state index contributed by atoms with van der Waals surface area (Å²) >= 11 is 0. The Kier molecular flexibility index (Phi) is 4.75. The molecule has 1 unspecified atom stereocenters. The van der Waals surface area contributed by atoms with E-state index in [1.165, 1.54) is 25.9 Å². The van der Waals surface area contributed by atoms with Crippen LogP contribution in [0.1, 0.15) is 31.0 Å². The van der Waals surface area contributed by atoms with Crippen LogP contribution in [-0.4, -0.2) is 36.1 Å². The Morgan fingerprint density at radius 3 is 2.84 bits per heavy atom. The molecule has 1 saturated heterocycles. The number of hydrogen-bond donors (Lipinski definition) is 1. The van der Waals surface area contributed by atoms with Crippen molar-refractivity contribution in [2.75, 3.05) is 31.5 Å². The van der Waals surface area contributed by atoms with Crippen LogP contribution in [0.3, 0.4) is 0 Å². The second-order valence-electron chi connectivity index (χ2n) is 5.45. The standard InChI is InChI=1S/C15H22N4/c1-12(11-19-7-3-4-8-19)10-17-15-14(9-16)6-5-13(2)18-15/h5-6,12H,3-4,7-8,10-11H2,1-2H3,(H,17,18). The first-order valence-corrected chi connectivity index (χ1v) is 7.03. The van der Waals surface area contributed by atoms with Gasteiger partial charge in [0.15, 0.2) is 0 Å². The van der Waals surface area contributed by atoms with Crippen LogP contribution in [0.15, 0.2) is 12.1 Å². The molecule has 0 bridgehead atoms. The fraction of sp³-hybridized carbons (Fsp3) is 0.600. The second kappa shape index (κ2) is 6.53. The Morgan fingerprint density at radius 2 is 2.16 bits per heavy atom. The third-order valence-corrected chi connectivity index (χ3v) is 3.54. The lowest BCUT2D eigenvalue weighted by Gasteiger charge is -2.20. The van der Waals surface area contributed by atoms with Gasteiger partial charge in [-0.3, -0.25) is 0 Å². The van der Waals surface area contributed by atoms with Crippen LogP contribution >= 0.6 is 0 Å². The number of rotatable bonds is 5. The Morgan fingerprint density at radius 1 is 1.42 bits per heavy atom. The molecule has 0 spiro atoms. The lowest BCUT2D eigenvalue weighted by Crippen LogP contribution is -2.29. The van der Waals surface area contributed by atoms with Crippen LogP contribution in [0.25, 0.3) is 0 Å². The minimum atomic E-state index is 0.562. The average molecular weight is 258 g/mol. The van der Waals surface area contributed by atoms with E-state index in [1.807, 2.05) is 19.1 Å². The van der Waals surface area contributed by atoms with Gasteiger partial charge in [0, 0.05) is 18.8 Å². The molecule has 0 aromatic carbocycles. The molecule has 2 heterocycles. The first kappa shape index (κ1) is 13.8. The van der Waals surface area contributed by atoms with E-state index >= 15 is 0 Å². The number of nitrogens with zero attached hydrogens (tertiary/aromatic N) is 3. The van der Waals surface area contributed by atoms with Crippen molar-refractivity contribution in [3.63, 3.8) is 0 Å². The third kappa shape index (κ3) is 3.93. The van der Waals surface area contributed by atoms with Gasteiger partial charge in [-0.25, -0.2) is 4.98 Å². The number of aromatic nitrogens is 1. The van der Waals surface area contributed by atoms with Crippen LogP contribution in [0.4, 0.5) is 5.82 Å². The molecule has 0 amide bonds. The third-order valence-electron chi connectivity index (χ3n) is 3.54. The monoisotopic (exact) mass is 258 g/mol. The second-order valence-corrected chi connectivity index (χ2v) is 5.45. The van der Waals surface area contributed by atoms with Crippen molar-refractivity contribution in [2.24, 2.45) is 5.92 Å². The van der Waals surface area contributed by atoms with Crippen LogP contribution < -0.4 is 5.32 Å². The van der Waals surface area contributed by atoms with Crippen LogP contribution in [-0.2, 0) is 0 Å². The molecule has 4 nitrogen and oxygen atoms in total. The van der Waals surface area contributed by atoms with Crippen molar-refractivity contribution >= 4 is 5.82 Å². The smallest absolute Gasteiger partial charge is 0.144 e. The molecule has 1 N–H and O–H groups in total. The molecule has 0 aliphatic carbocycles. The molecule has 102 valence electrons. The molecule has 1 aliphatic heterocycles. The highest BCUT2D eigenvalue weighted by molar-refractivity contribution is 5.52. The minimum Gasteiger partial charge on any atom is -0.369 e. The van der Waals surface area contributed by atoms with Crippen LogP contribution in [0.2, 0.25) is 0 Å². The number of likely N-dealkylation sites (tertiary alicyclic amines) is 1. The number of anilines is 1. The molecular formula is C15H22N4. The van der Waals surface area contributed by atoms with Gasteiger partial charge >= 0.3 is 0 Å². The van der Waals surface area contributed by atoms with E-state index in [0.717, 1.165) is 24.6 Å². The van der Waals surface area contributed by atoms with E-state index in [9.17, 15) is 0 Å². The van der Waals surface area contributed by atoms with Crippen LogP contribution in [0.5, 0.6) is 0 Å². The van der Waals surface area contributed by atoms with Gasteiger partial charge in [0.05, 0.1) is 5.56 Å². The first-order valence-electron chi connectivity index (χ1n) is 7.03. The van der Waals surface area contributed by atoms with Gasteiger partial charge < -0.3 is 10.2 Å². The zero-order valence-electron chi connectivity index (χ0n) is 11.8. The molecule has 4 heteroatoms. The Hall–Kier alpha value is -1.60. The van der Waals surface area contributed by atoms with Gasteiger partial charge in [-0.15, -0.1) is 0 Å². The summed E-state index contributed by atoms with van der Waals surface area (Å²) in [6.45, 7) is 8.64. The highest BCUT2D eigenvalue weighted by Gasteiger charge is 2.15. The maximum absolute atomic E-state index is 9.07. The molecule has 1 fully saturated rings. The van der Waals surface area contributed by atoms with Crippen molar-refractivity contribution in [2.45, 2.75) is 26.7 Å². The Labute approximate surface area is 115 Å². The number of hydrogen-bond acceptors (Lipinski definition) is 4. The van der Waals surface area contributed by atoms with E-state index in [4.69, 9.17) is 5.26 Å². The number of nitriles is 1. The molecular weight excluding hydrogens is 236 g/mol. The summed E-state index contributed by atoms with van der Waals surface area (Å²) in [5.74, 6) is 1.28. The zero-order valence-corrected chi connectivity index (χ0v) is 11.8. The van der Waals surface area contributed by atoms with Crippen molar-refractivity contribution in [1.82, 2.24) is 9.88 Å². The predicted octanol–water partition coefficient (Wildman–Crippen LogP) is 2.41. The lowest BCUT2D eigenvalue weighted by atomic mass is 10.1. The molecule has 19 heavy (non-hydrogen) atoms. The van der Waals surface area contributed by atoms with E-state index in [2.05, 4.69) is 28.2 Å².